The highest BCUT2D eigenvalue weighted by molar-refractivity contribution is 7.92. The first kappa shape index (κ1) is 21.6. The summed E-state index contributed by atoms with van der Waals surface area (Å²) in [5.74, 6) is -0.445. The predicted molar refractivity (Wildman–Crippen MR) is 114 cm³/mol. The van der Waals surface area contributed by atoms with Gasteiger partial charge in [0.1, 0.15) is 5.82 Å². The SMILES string of the molecule is Cc1cc(S(=O)(=O)Nc2c(C)nn(Cc3c(F)cccc3Cl)c2C)c(C)cc1Cl. The molecule has 0 aliphatic carbocycles. The maximum atomic E-state index is 14.1. The van der Waals surface area contributed by atoms with Crippen molar-refractivity contribution in [3.05, 3.63) is 74.3 Å². The second-order valence-corrected chi connectivity index (χ2v) is 9.34. The number of sulfonamides is 1. The van der Waals surface area contributed by atoms with Gasteiger partial charge in [0.15, 0.2) is 0 Å². The van der Waals surface area contributed by atoms with Crippen LogP contribution in [0.4, 0.5) is 10.1 Å². The minimum absolute atomic E-state index is 0.0823. The van der Waals surface area contributed by atoms with E-state index in [-0.39, 0.29) is 16.5 Å². The fourth-order valence-corrected chi connectivity index (χ4v) is 4.99. The van der Waals surface area contributed by atoms with Gasteiger partial charge < -0.3 is 0 Å². The van der Waals surface area contributed by atoms with Gasteiger partial charge in [0.2, 0.25) is 0 Å². The highest BCUT2D eigenvalue weighted by Crippen LogP contribution is 2.29. The standard InChI is InChI=1S/C20H20Cl2FN3O2S/c1-11-9-19(12(2)8-17(11)22)29(27,28)25-20-13(3)24-26(14(20)4)10-15-16(21)6-5-7-18(15)23/h5-9,25H,10H2,1-4H3. The van der Waals surface area contributed by atoms with E-state index in [2.05, 4.69) is 9.82 Å². The minimum atomic E-state index is -3.87. The van der Waals surface area contributed by atoms with Crippen molar-refractivity contribution in [1.29, 1.82) is 0 Å². The molecule has 2 aromatic carbocycles. The fourth-order valence-electron chi connectivity index (χ4n) is 3.07. The molecule has 5 nitrogen and oxygen atoms in total. The van der Waals surface area contributed by atoms with Crippen LogP contribution in [-0.2, 0) is 16.6 Å². The van der Waals surface area contributed by atoms with Crippen LogP contribution >= 0.6 is 23.2 Å². The highest BCUT2D eigenvalue weighted by Gasteiger charge is 2.23. The molecule has 29 heavy (non-hydrogen) atoms. The largest absolute Gasteiger partial charge is 0.276 e. The summed E-state index contributed by atoms with van der Waals surface area (Å²) in [4.78, 5) is 0.142. The lowest BCUT2D eigenvalue weighted by molar-refractivity contribution is 0.579. The van der Waals surface area contributed by atoms with Crippen molar-refractivity contribution in [1.82, 2.24) is 9.78 Å². The lowest BCUT2D eigenvalue weighted by atomic mass is 10.2. The number of hydrogen-bond donors (Lipinski definition) is 1. The molecule has 0 fully saturated rings. The number of nitrogens with one attached hydrogen (secondary N) is 1. The second kappa shape index (κ2) is 7.97. The number of halogens is 3. The van der Waals surface area contributed by atoms with Gasteiger partial charge in [0, 0.05) is 15.6 Å². The van der Waals surface area contributed by atoms with E-state index in [0.717, 1.165) is 0 Å². The molecule has 1 aromatic heterocycles. The van der Waals surface area contributed by atoms with Crippen LogP contribution in [-0.4, -0.2) is 18.2 Å². The van der Waals surface area contributed by atoms with Crippen LogP contribution in [0.2, 0.25) is 10.0 Å². The van der Waals surface area contributed by atoms with Crippen molar-refractivity contribution < 1.29 is 12.8 Å². The minimum Gasteiger partial charge on any atom is -0.276 e. The molecular formula is C20H20Cl2FN3O2S. The highest BCUT2D eigenvalue weighted by atomic mass is 35.5. The Labute approximate surface area is 179 Å². The van der Waals surface area contributed by atoms with Gasteiger partial charge in [-0.3, -0.25) is 9.40 Å². The van der Waals surface area contributed by atoms with Gasteiger partial charge >= 0.3 is 0 Å². The van der Waals surface area contributed by atoms with Gasteiger partial charge in [-0.2, -0.15) is 5.10 Å². The zero-order valence-corrected chi connectivity index (χ0v) is 18.7. The number of rotatable bonds is 5. The summed E-state index contributed by atoms with van der Waals surface area (Å²) in [7, 11) is -3.87. The molecule has 0 unspecified atom stereocenters. The smallest absolute Gasteiger partial charge is 0.262 e. The number of benzene rings is 2. The van der Waals surface area contributed by atoms with Gasteiger partial charge in [0.25, 0.3) is 10.0 Å². The summed E-state index contributed by atoms with van der Waals surface area (Å²) >= 11 is 12.2. The van der Waals surface area contributed by atoms with Crippen LogP contribution in [0.1, 0.15) is 28.1 Å². The number of aryl methyl sites for hydroxylation is 3. The Morgan fingerprint density at radius 3 is 2.41 bits per heavy atom. The first-order valence-corrected chi connectivity index (χ1v) is 11.0. The number of anilines is 1. The summed E-state index contributed by atoms with van der Waals surface area (Å²) in [6.07, 6.45) is 0. The topological polar surface area (TPSA) is 64.0 Å². The molecule has 9 heteroatoms. The number of aromatic nitrogens is 2. The van der Waals surface area contributed by atoms with E-state index >= 15 is 0 Å². The lowest BCUT2D eigenvalue weighted by Gasteiger charge is -2.13. The quantitative estimate of drug-likeness (QED) is 0.558. The first-order valence-electron chi connectivity index (χ1n) is 8.77. The molecule has 0 aliphatic rings. The van der Waals surface area contributed by atoms with Crippen LogP contribution in [0, 0.1) is 33.5 Å². The average Bonchev–Trinajstić information content (AvgIpc) is 2.88. The Balaban J connectivity index is 1.98. The summed E-state index contributed by atoms with van der Waals surface area (Å²) in [5, 5.41) is 5.15. The molecule has 0 saturated carbocycles. The van der Waals surface area contributed by atoms with Gasteiger partial charge in [0.05, 0.1) is 28.5 Å². The molecule has 0 spiro atoms. The van der Waals surface area contributed by atoms with Crippen molar-refractivity contribution in [2.45, 2.75) is 39.1 Å². The van der Waals surface area contributed by atoms with Crippen molar-refractivity contribution in [2.75, 3.05) is 4.72 Å². The molecule has 0 radical (unpaired) electrons. The monoisotopic (exact) mass is 455 g/mol. The van der Waals surface area contributed by atoms with Crippen LogP contribution < -0.4 is 4.72 Å². The Kier molecular flexibility index (Phi) is 5.94. The van der Waals surface area contributed by atoms with Gasteiger partial charge in [-0.05, 0) is 63.1 Å². The molecule has 0 bridgehead atoms. The summed E-state index contributed by atoms with van der Waals surface area (Å²) < 4.78 is 44.3. The van der Waals surface area contributed by atoms with E-state index in [9.17, 15) is 12.8 Å². The Bertz CT molecular complexity index is 1190. The van der Waals surface area contributed by atoms with Crippen LogP contribution in [0.25, 0.3) is 0 Å². The number of nitrogens with zero attached hydrogens (tertiary/aromatic N) is 2. The normalized spacial score (nSPS) is 11.7. The third-order valence-corrected chi connectivity index (χ3v) is 6.99. The van der Waals surface area contributed by atoms with Gasteiger partial charge in [-0.15, -0.1) is 0 Å². The Hall–Kier alpha value is -2.09. The molecular weight excluding hydrogens is 436 g/mol. The Morgan fingerprint density at radius 2 is 1.76 bits per heavy atom. The zero-order valence-electron chi connectivity index (χ0n) is 16.3. The summed E-state index contributed by atoms with van der Waals surface area (Å²) in [6, 6.07) is 7.60. The maximum absolute atomic E-state index is 14.1. The van der Waals surface area contributed by atoms with Crippen molar-refractivity contribution >= 4 is 38.9 Å². The van der Waals surface area contributed by atoms with Crippen LogP contribution in [0.3, 0.4) is 0 Å². The van der Waals surface area contributed by atoms with Gasteiger partial charge in [-0.1, -0.05) is 29.3 Å². The van der Waals surface area contributed by atoms with Crippen molar-refractivity contribution in [2.24, 2.45) is 0 Å². The van der Waals surface area contributed by atoms with E-state index in [1.807, 2.05) is 0 Å². The zero-order chi connectivity index (χ0) is 21.5. The van der Waals surface area contributed by atoms with E-state index in [4.69, 9.17) is 23.2 Å². The predicted octanol–water partition coefficient (Wildman–Crippen LogP) is 5.41. The molecule has 3 aromatic rings. The third-order valence-electron chi connectivity index (χ3n) is 4.73. The molecule has 1 heterocycles. The van der Waals surface area contributed by atoms with E-state index in [0.29, 0.717) is 38.8 Å². The van der Waals surface area contributed by atoms with Crippen LogP contribution in [0.5, 0.6) is 0 Å². The molecule has 0 atom stereocenters. The molecule has 1 N–H and O–H groups in total. The summed E-state index contributed by atoms with van der Waals surface area (Å²) in [6.45, 7) is 6.91. The molecule has 154 valence electrons. The fraction of sp³-hybridized carbons (Fsp3) is 0.250. The van der Waals surface area contributed by atoms with Crippen molar-refractivity contribution in [3.63, 3.8) is 0 Å². The number of hydrogen-bond acceptors (Lipinski definition) is 3. The van der Waals surface area contributed by atoms with Crippen LogP contribution in [0.15, 0.2) is 35.2 Å². The van der Waals surface area contributed by atoms with E-state index in [1.165, 1.54) is 22.9 Å². The lowest BCUT2D eigenvalue weighted by Crippen LogP contribution is -2.16. The van der Waals surface area contributed by atoms with E-state index < -0.39 is 15.8 Å². The summed E-state index contributed by atoms with van der Waals surface area (Å²) in [5.41, 5.74) is 2.86. The second-order valence-electron chi connectivity index (χ2n) is 6.88. The molecule has 0 aliphatic heterocycles. The first-order chi connectivity index (χ1) is 13.5. The van der Waals surface area contributed by atoms with Crippen molar-refractivity contribution in [3.8, 4) is 0 Å². The average molecular weight is 456 g/mol. The maximum Gasteiger partial charge on any atom is 0.262 e. The molecule has 0 amide bonds. The van der Waals surface area contributed by atoms with Gasteiger partial charge in [-0.25, -0.2) is 12.8 Å². The third kappa shape index (κ3) is 4.27. The molecule has 3 rings (SSSR count). The molecule has 0 saturated heterocycles. The Morgan fingerprint density at radius 1 is 1.07 bits per heavy atom. The van der Waals surface area contributed by atoms with E-state index in [1.54, 1.807) is 39.8 Å².